The third kappa shape index (κ3) is 2.14. The van der Waals surface area contributed by atoms with Gasteiger partial charge < -0.3 is 0 Å². The van der Waals surface area contributed by atoms with E-state index in [-0.39, 0.29) is 27.1 Å². The van der Waals surface area contributed by atoms with Crippen molar-refractivity contribution in [3.8, 4) is 11.1 Å². The Bertz CT molecular complexity index is 838. The maximum absolute atomic E-state index is 12.2. The van der Waals surface area contributed by atoms with Gasteiger partial charge in [-0.1, -0.05) is 0 Å². The SMILES string of the molecule is O=c1oc2cc(C3N[I-]3)ccc2cc1-c1ccccc1. The first-order valence-corrected chi connectivity index (χ1v) is 8.65. The van der Waals surface area contributed by atoms with E-state index < -0.39 is 0 Å². The molecule has 0 saturated carbocycles. The summed E-state index contributed by atoms with van der Waals surface area (Å²) >= 11 is 0.118. The molecule has 4 rings (SSSR count). The number of benzene rings is 2. The summed E-state index contributed by atoms with van der Waals surface area (Å²) in [6.45, 7) is 0. The van der Waals surface area contributed by atoms with Crippen LogP contribution in [0, 0.1) is 0 Å². The summed E-state index contributed by atoms with van der Waals surface area (Å²) < 4.78 is 9.38. The van der Waals surface area contributed by atoms with Crippen molar-refractivity contribution >= 4 is 11.0 Å². The van der Waals surface area contributed by atoms with E-state index in [1.807, 2.05) is 48.5 Å². The van der Waals surface area contributed by atoms with Crippen LogP contribution in [-0.2, 0) is 0 Å². The first-order chi connectivity index (χ1) is 9.81. The van der Waals surface area contributed by atoms with Gasteiger partial charge in [0.15, 0.2) is 0 Å². The third-order valence-electron chi connectivity index (χ3n) is 3.36. The van der Waals surface area contributed by atoms with E-state index >= 15 is 0 Å². The molecule has 1 N–H and O–H groups in total. The van der Waals surface area contributed by atoms with Crippen molar-refractivity contribution in [1.29, 1.82) is 0 Å². The molecule has 1 aromatic heterocycles. The zero-order chi connectivity index (χ0) is 13.5. The van der Waals surface area contributed by atoms with Crippen molar-refractivity contribution < 1.29 is 25.9 Å². The molecule has 2 heterocycles. The van der Waals surface area contributed by atoms with E-state index in [2.05, 4.69) is 9.60 Å². The first-order valence-electron chi connectivity index (χ1n) is 6.32. The normalized spacial score (nSPS) is 17.7. The molecular formula is C16H11INO2-. The van der Waals surface area contributed by atoms with Gasteiger partial charge in [0.25, 0.3) is 0 Å². The number of hydrogen-bond acceptors (Lipinski definition) is 3. The molecule has 100 valence electrons. The van der Waals surface area contributed by atoms with Crippen LogP contribution in [0.4, 0.5) is 0 Å². The van der Waals surface area contributed by atoms with E-state index in [4.69, 9.17) is 4.42 Å². The van der Waals surface area contributed by atoms with Crippen LogP contribution in [0.25, 0.3) is 22.1 Å². The molecule has 1 unspecified atom stereocenters. The Hall–Kier alpha value is -1.66. The second kappa shape index (κ2) is 4.71. The number of fused-ring (bicyclic) bond motifs is 1. The Morgan fingerprint density at radius 1 is 1.05 bits per heavy atom. The zero-order valence-corrected chi connectivity index (χ0v) is 12.6. The Labute approximate surface area is 126 Å². The topological polar surface area (TPSA) is 52.2 Å². The standard InChI is InChI=1S/C16H11INO2/c19-16-13(10-4-2-1-3-5-10)8-11-6-7-12(15-17-18-15)9-14(11)20-16/h1-9,15,18H/q-1. The van der Waals surface area contributed by atoms with Gasteiger partial charge in [0.1, 0.15) is 0 Å². The Morgan fingerprint density at radius 2 is 1.85 bits per heavy atom. The first kappa shape index (κ1) is 12.1. The number of hydrogen-bond donors (Lipinski definition) is 1. The molecule has 1 aliphatic heterocycles. The molecular weight excluding hydrogens is 365 g/mol. The van der Waals surface area contributed by atoms with Crippen molar-refractivity contribution in [2.75, 3.05) is 0 Å². The van der Waals surface area contributed by atoms with Crippen LogP contribution in [0.5, 0.6) is 0 Å². The van der Waals surface area contributed by atoms with Gasteiger partial charge in [-0.05, 0) is 0 Å². The van der Waals surface area contributed by atoms with E-state index in [1.165, 1.54) is 5.56 Å². The molecule has 20 heavy (non-hydrogen) atoms. The molecule has 2 aromatic carbocycles. The van der Waals surface area contributed by atoms with E-state index in [9.17, 15) is 4.79 Å². The molecule has 0 aliphatic carbocycles. The Kier molecular flexibility index (Phi) is 2.85. The van der Waals surface area contributed by atoms with E-state index in [0.29, 0.717) is 15.2 Å². The molecule has 1 fully saturated rings. The minimum atomic E-state index is -0.278. The molecule has 0 amide bonds. The maximum atomic E-state index is 12.2. The second-order valence-electron chi connectivity index (χ2n) is 4.69. The van der Waals surface area contributed by atoms with Gasteiger partial charge in [-0.15, -0.1) is 0 Å². The van der Waals surface area contributed by atoms with E-state index in [1.54, 1.807) is 0 Å². The van der Waals surface area contributed by atoms with Crippen molar-refractivity contribution in [3.05, 3.63) is 70.6 Å². The molecule has 1 atom stereocenters. The average Bonchev–Trinajstić information content (AvgIpc) is 3.31. The summed E-state index contributed by atoms with van der Waals surface area (Å²) in [4.78, 5) is 12.2. The van der Waals surface area contributed by atoms with Gasteiger partial charge >= 0.3 is 126 Å². The number of nitrogens with one attached hydrogen (secondary N) is 1. The van der Waals surface area contributed by atoms with Crippen LogP contribution >= 0.6 is 0 Å². The minimum absolute atomic E-state index is 0.118. The summed E-state index contributed by atoms with van der Waals surface area (Å²) in [5.74, 6) is 0. The van der Waals surface area contributed by atoms with Crippen molar-refractivity contribution in [2.45, 2.75) is 4.05 Å². The number of rotatable bonds is 2. The number of alkyl halides is 1. The Morgan fingerprint density at radius 3 is 2.60 bits per heavy atom. The molecule has 4 heteroatoms. The predicted molar refractivity (Wildman–Crippen MR) is 73.8 cm³/mol. The van der Waals surface area contributed by atoms with Crippen molar-refractivity contribution in [2.24, 2.45) is 0 Å². The second-order valence-corrected chi connectivity index (χ2v) is 7.18. The Balaban J connectivity index is 1.90. The molecule has 1 saturated heterocycles. The zero-order valence-electron chi connectivity index (χ0n) is 10.5. The molecule has 0 bridgehead atoms. The monoisotopic (exact) mass is 376 g/mol. The van der Waals surface area contributed by atoms with Gasteiger partial charge in [0.05, 0.1) is 0 Å². The number of halogens is 1. The van der Waals surface area contributed by atoms with Gasteiger partial charge in [-0.3, -0.25) is 0 Å². The summed E-state index contributed by atoms with van der Waals surface area (Å²) in [6.07, 6.45) is 0. The molecule has 1 aliphatic rings. The van der Waals surface area contributed by atoms with Crippen LogP contribution in [0.1, 0.15) is 9.61 Å². The van der Waals surface area contributed by atoms with Crippen LogP contribution in [0.3, 0.4) is 0 Å². The molecule has 0 spiro atoms. The quantitative estimate of drug-likeness (QED) is 0.172. The van der Waals surface area contributed by atoms with Gasteiger partial charge in [0.2, 0.25) is 0 Å². The third-order valence-corrected chi connectivity index (χ3v) is 5.32. The summed E-state index contributed by atoms with van der Waals surface area (Å²) in [7, 11) is 0. The van der Waals surface area contributed by atoms with Crippen molar-refractivity contribution in [1.82, 2.24) is 3.53 Å². The van der Waals surface area contributed by atoms with Crippen LogP contribution in [0.15, 0.2) is 63.8 Å². The summed E-state index contributed by atoms with van der Waals surface area (Å²) in [6, 6.07) is 17.7. The summed E-state index contributed by atoms with van der Waals surface area (Å²) in [5.41, 5.74) is 3.12. The van der Waals surface area contributed by atoms with Crippen LogP contribution < -0.4 is 30.6 Å². The van der Waals surface area contributed by atoms with Gasteiger partial charge in [-0.2, -0.15) is 0 Å². The van der Waals surface area contributed by atoms with Crippen LogP contribution in [0.2, 0.25) is 0 Å². The van der Waals surface area contributed by atoms with E-state index in [0.717, 1.165) is 10.9 Å². The fourth-order valence-electron chi connectivity index (χ4n) is 2.26. The molecule has 0 radical (unpaired) electrons. The van der Waals surface area contributed by atoms with Crippen LogP contribution in [-0.4, -0.2) is 0 Å². The fourth-order valence-corrected chi connectivity index (χ4v) is 3.55. The predicted octanol–water partition coefficient (Wildman–Crippen LogP) is 0.0658. The molecule has 3 nitrogen and oxygen atoms in total. The van der Waals surface area contributed by atoms with Gasteiger partial charge in [0, 0.05) is 0 Å². The average molecular weight is 376 g/mol. The fraction of sp³-hybridized carbons (Fsp3) is 0.0625. The summed E-state index contributed by atoms with van der Waals surface area (Å²) in [5, 5.41) is 0.964. The van der Waals surface area contributed by atoms with Gasteiger partial charge in [-0.25, -0.2) is 0 Å². The molecule has 3 aromatic rings. The van der Waals surface area contributed by atoms with Crippen molar-refractivity contribution in [3.63, 3.8) is 0 Å².